The summed E-state index contributed by atoms with van der Waals surface area (Å²) in [6, 6.07) is 0. The molecule has 0 spiro atoms. The second-order valence-corrected chi connectivity index (χ2v) is 3.78. The van der Waals surface area contributed by atoms with Crippen LogP contribution in [0, 0.1) is 0 Å². The maximum atomic E-state index is 12.4. The topological polar surface area (TPSA) is 62.2 Å². The Hall–Kier alpha value is -1.38. The van der Waals surface area contributed by atoms with Crippen molar-refractivity contribution < 1.29 is 27.5 Å². The molecule has 0 amide bonds. The van der Waals surface area contributed by atoms with Crippen LogP contribution in [-0.4, -0.2) is 35.0 Å². The summed E-state index contributed by atoms with van der Waals surface area (Å²) in [7, 11) is 0. The van der Waals surface area contributed by atoms with E-state index in [1.807, 2.05) is 5.32 Å². The summed E-state index contributed by atoms with van der Waals surface area (Å²) in [5.41, 5.74) is 0. The van der Waals surface area contributed by atoms with Gasteiger partial charge in [-0.2, -0.15) is 8.78 Å². The molecule has 0 fully saturated rings. The van der Waals surface area contributed by atoms with Gasteiger partial charge in [0.25, 0.3) is 0 Å². The Balaban J connectivity index is 2.58. The lowest BCUT2D eigenvalue weighted by Gasteiger charge is -2.14. The first-order valence-electron chi connectivity index (χ1n) is 3.92. The number of rotatable bonds is 5. The van der Waals surface area contributed by atoms with Crippen LogP contribution in [0.3, 0.4) is 0 Å². The van der Waals surface area contributed by atoms with Gasteiger partial charge in [-0.1, -0.05) is 11.3 Å². The first kappa shape index (κ1) is 12.7. The van der Waals surface area contributed by atoms with Gasteiger partial charge >= 0.3 is 18.3 Å². The van der Waals surface area contributed by atoms with Crippen molar-refractivity contribution >= 4 is 22.4 Å². The van der Waals surface area contributed by atoms with Crippen LogP contribution in [0.5, 0.6) is 0 Å². The van der Waals surface area contributed by atoms with Crippen LogP contribution in [0.25, 0.3) is 0 Å². The number of thiazole rings is 1. The molecule has 0 aliphatic heterocycles. The van der Waals surface area contributed by atoms with E-state index in [1.165, 1.54) is 0 Å². The number of aromatic carboxylic acids is 1. The number of aromatic nitrogens is 1. The third kappa shape index (κ3) is 3.05. The van der Waals surface area contributed by atoms with Crippen LogP contribution in [0.15, 0.2) is 6.20 Å². The summed E-state index contributed by atoms with van der Waals surface area (Å²) in [6.07, 6.45) is -2.82. The summed E-state index contributed by atoms with van der Waals surface area (Å²) >= 11 is 0.593. The number of nitrogens with one attached hydrogen (secondary N) is 1. The lowest BCUT2D eigenvalue weighted by atomic mass is 10.3. The van der Waals surface area contributed by atoms with Gasteiger partial charge in [-0.25, -0.2) is 18.6 Å². The van der Waals surface area contributed by atoms with E-state index in [2.05, 4.69) is 4.98 Å². The van der Waals surface area contributed by atoms with Crippen molar-refractivity contribution in [3.63, 3.8) is 0 Å². The van der Waals surface area contributed by atoms with Crippen LogP contribution in [0.4, 0.5) is 22.7 Å². The van der Waals surface area contributed by atoms with E-state index < -0.39 is 24.9 Å². The van der Waals surface area contributed by atoms with Crippen molar-refractivity contribution in [1.29, 1.82) is 0 Å². The lowest BCUT2D eigenvalue weighted by Crippen LogP contribution is -2.34. The molecule has 16 heavy (non-hydrogen) atoms. The number of hydrogen-bond donors (Lipinski definition) is 2. The predicted molar refractivity (Wildman–Crippen MR) is 48.5 cm³/mol. The molecule has 0 aliphatic rings. The number of halogens is 4. The first-order chi connectivity index (χ1) is 7.33. The van der Waals surface area contributed by atoms with Gasteiger partial charge in [-0.05, 0) is 0 Å². The number of nitrogens with zero attached hydrogens (tertiary/aromatic N) is 1. The number of carboxylic acids is 1. The molecule has 0 aromatic carbocycles. The molecule has 1 rings (SSSR count). The van der Waals surface area contributed by atoms with Crippen molar-refractivity contribution in [3.8, 4) is 0 Å². The van der Waals surface area contributed by atoms with Gasteiger partial charge in [0.15, 0.2) is 5.13 Å². The van der Waals surface area contributed by atoms with E-state index in [0.29, 0.717) is 11.3 Å². The highest BCUT2D eigenvalue weighted by Crippen LogP contribution is 2.24. The summed E-state index contributed by atoms with van der Waals surface area (Å²) in [5, 5.41) is 10.3. The van der Waals surface area contributed by atoms with Gasteiger partial charge in [0.2, 0.25) is 0 Å². The molecule has 2 N–H and O–H groups in total. The fourth-order valence-electron chi connectivity index (χ4n) is 0.725. The molecule has 0 aliphatic carbocycles. The van der Waals surface area contributed by atoms with E-state index in [1.54, 1.807) is 0 Å². The average molecular weight is 258 g/mol. The summed E-state index contributed by atoms with van der Waals surface area (Å²) in [4.78, 5) is 13.7. The molecular weight excluding hydrogens is 252 g/mol. The molecule has 0 atom stereocenters. The maximum Gasteiger partial charge on any atom is 0.347 e. The minimum Gasteiger partial charge on any atom is -0.477 e. The predicted octanol–water partition coefficient (Wildman–Crippen LogP) is 2.15. The van der Waals surface area contributed by atoms with Crippen LogP contribution >= 0.6 is 11.3 Å². The van der Waals surface area contributed by atoms with Gasteiger partial charge in [0, 0.05) is 0 Å². The van der Waals surface area contributed by atoms with Crippen molar-refractivity contribution in [2.45, 2.75) is 12.3 Å². The van der Waals surface area contributed by atoms with E-state index in [9.17, 15) is 22.4 Å². The molecule has 4 nitrogen and oxygen atoms in total. The lowest BCUT2D eigenvalue weighted by molar-refractivity contribution is -0.117. The smallest absolute Gasteiger partial charge is 0.347 e. The summed E-state index contributed by atoms with van der Waals surface area (Å²) < 4.78 is 48.4. The molecule has 9 heteroatoms. The van der Waals surface area contributed by atoms with E-state index in [-0.39, 0.29) is 10.0 Å². The minimum atomic E-state index is -4.17. The third-order valence-corrected chi connectivity index (χ3v) is 2.45. The van der Waals surface area contributed by atoms with E-state index in [4.69, 9.17) is 5.11 Å². The fraction of sp³-hybridized carbons (Fsp3) is 0.429. The number of anilines is 1. The van der Waals surface area contributed by atoms with Gasteiger partial charge < -0.3 is 10.4 Å². The highest BCUT2D eigenvalue weighted by Gasteiger charge is 2.40. The molecule has 0 saturated heterocycles. The molecule has 90 valence electrons. The first-order valence-corrected chi connectivity index (χ1v) is 4.73. The maximum absolute atomic E-state index is 12.4. The van der Waals surface area contributed by atoms with Gasteiger partial charge in [-0.3, -0.25) is 0 Å². The number of alkyl halides is 4. The Morgan fingerprint density at radius 2 is 2.25 bits per heavy atom. The highest BCUT2D eigenvalue weighted by atomic mass is 32.1. The molecular formula is C7H6F4N2O2S. The Morgan fingerprint density at radius 1 is 1.62 bits per heavy atom. The van der Waals surface area contributed by atoms with Crippen molar-refractivity contribution in [2.24, 2.45) is 0 Å². The van der Waals surface area contributed by atoms with Crippen molar-refractivity contribution in [1.82, 2.24) is 4.98 Å². The van der Waals surface area contributed by atoms with Crippen LogP contribution in [0.1, 0.15) is 9.67 Å². The van der Waals surface area contributed by atoms with Crippen LogP contribution < -0.4 is 5.32 Å². The second kappa shape index (κ2) is 4.64. The average Bonchev–Trinajstić information content (AvgIpc) is 2.63. The molecule has 0 saturated carbocycles. The Kier molecular flexibility index (Phi) is 3.68. The third-order valence-electron chi connectivity index (χ3n) is 1.51. The summed E-state index contributed by atoms with van der Waals surface area (Å²) in [6.45, 7) is -1.29. The van der Waals surface area contributed by atoms with Gasteiger partial charge in [-0.15, -0.1) is 0 Å². The normalized spacial score (nSPS) is 11.8. The largest absolute Gasteiger partial charge is 0.477 e. The molecule has 0 unspecified atom stereocenters. The molecule has 1 heterocycles. The zero-order valence-electron chi connectivity index (χ0n) is 7.58. The van der Waals surface area contributed by atoms with Gasteiger partial charge in [0.05, 0.1) is 12.7 Å². The Labute approximate surface area is 90.9 Å². The van der Waals surface area contributed by atoms with E-state index in [0.717, 1.165) is 6.20 Å². The zero-order valence-corrected chi connectivity index (χ0v) is 8.40. The number of carbonyl (C=O) groups is 1. The summed E-state index contributed by atoms with van der Waals surface area (Å²) in [5.74, 6) is -5.43. The SMILES string of the molecule is O=C(O)c1cnc(NCC(F)(F)C(F)F)s1. The fourth-order valence-corrected chi connectivity index (χ4v) is 1.38. The standard InChI is InChI=1S/C7H6F4N2O2S/c8-5(9)7(10,11)2-13-6-12-1-3(16-6)4(14)15/h1,5H,2H2,(H,12,13)(H,14,15). The monoisotopic (exact) mass is 258 g/mol. The van der Waals surface area contributed by atoms with E-state index >= 15 is 0 Å². The quantitative estimate of drug-likeness (QED) is 0.794. The van der Waals surface area contributed by atoms with Crippen molar-refractivity contribution in [3.05, 3.63) is 11.1 Å². The Morgan fingerprint density at radius 3 is 2.69 bits per heavy atom. The van der Waals surface area contributed by atoms with Crippen LogP contribution in [0.2, 0.25) is 0 Å². The van der Waals surface area contributed by atoms with Crippen molar-refractivity contribution in [2.75, 3.05) is 11.9 Å². The highest BCUT2D eigenvalue weighted by molar-refractivity contribution is 7.17. The number of hydrogen-bond acceptors (Lipinski definition) is 4. The minimum absolute atomic E-state index is 0.141. The van der Waals surface area contributed by atoms with Crippen LogP contribution in [-0.2, 0) is 0 Å². The van der Waals surface area contributed by atoms with Gasteiger partial charge in [0.1, 0.15) is 4.88 Å². The zero-order chi connectivity index (χ0) is 12.3. The number of carboxylic acid groups (broad SMARTS) is 1. The molecule has 0 radical (unpaired) electrons. The molecule has 1 aromatic rings. The molecule has 0 bridgehead atoms. The molecule has 1 aromatic heterocycles. The second-order valence-electron chi connectivity index (χ2n) is 2.75. The Bertz CT molecular complexity index is 382.